The van der Waals surface area contributed by atoms with Gasteiger partial charge in [-0.1, -0.05) is 28.9 Å². The quantitative estimate of drug-likeness (QED) is 0.691. The molecule has 2 aromatic carbocycles. The van der Waals surface area contributed by atoms with Crippen LogP contribution in [0.5, 0.6) is 11.5 Å². The molecule has 0 saturated heterocycles. The largest absolute Gasteiger partial charge is 0.493 e. The Kier molecular flexibility index (Phi) is 4.27. The number of hydrogen-bond donors (Lipinski definition) is 0. The normalized spacial score (nSPS) is 13.0. The van der Waals surface area contributed by atoms with E-state index in [9.17, 15) is 4.79 Å². The molecule has 0 spiro atoms. The van der Waals surface area contributed by atoms with Gasteiger partial charge in [-0.2, -0.15) is 4.98 Å². The lowest BCUT2D eigenvalue weighted by atomic mass is 10.1. The Morgan fingerprint density at radius 2 is 2.04 bits per heavy atom. The van der Waals surface area contributed by atoms with Crippen molar-refractivity contribution in [2.24, 2.45) is 0 Å². The van der Waals surface area contributed by atoms with Crippen molar-refractivity contribution in [1.82, 2.24) is 10.1 Å². The summed E-state index contributed by atoms with van der Waals surface area (Å²) in [5.74, 6) is 1.88. The van der Waals surface area contributed by atoms with Crippen LogP contribution in [-0.4, -0.2) is 30.3 Å². The summed E-state index contributed by atoms with van der Waals surface area (Å²) in [4.78, 5) is 18.5. The highest BCUT2D eigenvalue weighted by atomic mass is 16.5. The summed E-state index contributed by atoms with van der Waals surface area (Å²) in [6.45, 7) is 2.24. The van der Waals surface area contributed by atoms with Gasteiger partial charge in [-0.3, -0.25) is 4.79 Å². The molecular weight excluding hydrogens is 346 g/mol. The third kappa shape index (κ3) is 3.01. The van der Waals surface area contributed by atoms with Crippen LogP contribution in [0.25, 0.3) is 11.4 Å². The van der Waals surface area contributed by atoms with E-state index in [1.165, 1.54) is 0 Å². The van der Waals surface area contributed by atoms with Crippen molar-refractivity contribution >= 4 is 11.6 Å². The second-order valence-electron chi connectivity index (χ2n) is 6.34. The summed E-state index contributed by atoms with van der Waals surface area (Å²) in [5, 5.41) is 4.05. The van der Waals surface area contributed by atoms with E-state index in [1.54, 1.807) is 25.2 Å². The topological polar surface area (TPSA) is 77.7 Å². The zero-order valence-electron chi connectivity index (χ0n) is 15.4. The van der Waals surface area contributed by atoms with Crippen molar-refractivity contribution in [3.05, 3.63) is 53.4 Å². The number of carbonyl (C=O) groups excluding carboxylic acids is 1. The van der Waals surface area contributed by atoms with Crippen LogP contribution in [0.1, 0.15) is 17.0 Å². The molecule has 1 aliphatic rings. The van der Waals surface area contributed by atoms with Gasteiger partial charge in [0.1, 0.15) is 6.54 Å². The molecule has 0 atom stereocenters. The summed E-state index contributed by atoms with van der Waals surface area (Å²) in [6.07, 6.45) is 0.391. The van der Waals surface area contributed by atoms with Crippen LogP contribution in [-0.2, 0) is 17.8 Å². The van der Waals surface area contributed by atoms with Crippen molar-refractivity contribution in [3.63, 3.8) is 0 Å². The maximum absolute atomic E-state index is 12.4. The van der Waals surface area contributed by atoms with Gasteiger partial charge < -0.3 is 18.9 Å². The van der Waals surface area contributed by atoms with Crippen LogP contribution in [0.4, 0.5) is 5.69 Å². The Morgan fingerprint density at radius 3 is 2.81 bits per heavy atom. The average molecular weight is 365 g/mol. The van der Waals surface area contributed by atoms with Gasteiger partial charge in [0.05, 0.1) is 26.2 Å². The molecule has 0 fully saturated rings. The van der Waals surface area contributed by atoms with E-state index >= 15 is 0 Å². The summed E-state index contributed by atoms with van der Waals surface area (Å²) >= 11 is 0. The number of ether oxygens (including phenoxy) is 2. The molecule has 1 amide bonds. The average Bonchev–Trinajstić information content (AvgIpc) is 3.25. The van der Waals surface area contributed by atoms with Gasteiger partial charge in [-0.05, 0) is 30.7 Å². The Bertz CT molecular complexity index is 1010. The van der Waals surface area contributed by atoms with Gasteiger partial charge in [-0.15, -0.1) is 0 Å². The van der Waals surface area contributed by atoms with Crippen molar-refractivity contribution in [3.8, 4) is 22.9 Å². The number of rotatable bonds is 5. The Balaban J connectivity index is 1.63. The third-order valence-corrected chi connectivity index (χ3v) is 4.57. The second-order valence-corrected chi connectivity index (χ2v) is 6.34. The Labute approximate surface area is 156 Å². The van der Waals surface area contributed by atoms with E-state index in [1.807, 2.05) is 37.3 Å². The number of para-hydroxylation sites is 1. The maximum atomic E-state index is 12.4. The van der Waals surface area contributed by atoms with Gasteiger partial charge in [0, 0.05) is 5.69 Å². The first-order valence-electron chi connectivity index (χ1n) is 8.54. The smallest absolute Gasteiger partial charge is 0.247 e. The number of amides is 1. The Morgan fingerprint density at radius 1 is 1.19 bits per heavy atom. The van der Waals surface area contributed by atoms with Crippen LogP contribution < -0.4 is 14.4 Å². The van der Waals surface area contributed by atoms with Crippen LogP contribution in [0.15, 0.2) is 40.9 Å². The standard InChI is InChI=1S/C20H19N3O4/c1-12-7-8-15-13(9-12)10-18(24)23(15)11-17-21-20(22-27-17)14-5-4-6-16(25-2)19(14)26-3/h4-9H,10-11H2,1-3H3. The fourth-order valence-electron chi connectivity index (χ4n) is 3.31. The number of aryl methyl sites for hydroxylation is 1. The number of benzene rings is 2. The van der Waals surface area contributed by atoms with E-state index in [0.29, 0.717) is 35.2 Å². The summed E-state index contributed by atoms with van der Waals surface area (Å²) in [6, 6.07) is 11.4. The third-order valence-electron chi connectivity index (χ3n) is 4.57. The summed E-state index contributed by atoms with van der Waals surface area (Å²) in [7, 11) is 3.13. The van der Waals surface area contributed by atoms with E-state index < -0.39 is 0 Å². The summed E-state index contributed by atoms with van der Waals surface area (Å²) < 4.78 is 16.1. The van der Waals surface area contributed by atoms with Gasteiger partial charge in [0.2, 0.25) is 17.6 Å². The lowest BCUT2D eigenvalue weighted by Crippen LogP contribution is -2.26. The zero-order chi connectivity index (χ0) is 19.0. The maximum Gasteiger partial charge on any atom is 0.247 e. The molecule has 2 heterocycles. The molecule has 0 saturated carbocycles. The minimum absolute atomic E-state index is 0.0225. The van der Waals surface area contributed by atoms with Crippen LogP contribution in [0.3, 0.4) is 0 Å². The lowest BCUT2D eigenvalue weighted by molar-refractivity contribution is -0.117. The summed E-state index contributed by atoms with van der Waals surface area (Å²) in [5.41, 5.74) is 3.71. The van der Waals surface area contributed by atoms with Gasteiger partial charge in [0.25, 0.3) is 0 Å². The second kappa shape index (κ2) is 6.75. The lowest BCUT2D eigenvalue weighted by Gasteiger charge is -2.14. The number of fused-ring (bicyclic) bond motifs is 1. The van der Waals surface area contributed by atoms with Crippen molar-refractivity contribution in [2.45, 2.75) is 19.9 Å². The molecule has 1 aromatic heterocycles. The first kappa shape index (κ1) is 17.1. The van der Waals surface area contributed by atoms with Crippen molar-refractivity contribution < 1.29 is 18.8 Å². The molecule has 4 rings (SSSR count). The molecular formula is C20H19N3O4. The highest BCUT2D eigenvalue weighted by Gasteiger charge is 2.29. The fraction of sp³-hybridized carbons (Fsp3) is 0.250. The molecule has 0 radical (unpaired) electrons. The van der Waals surface area contributed by atoms with Crippen molar-refractivity contribution in [2.75, 3.05) is 19.1 Å². The minimum Gasteiger partial charge on any atom is -0.493 e. The molecule has 0 unspecified atom stereocenters. The zero-order valence-corrected chi connectivity index (χ0v) is 15.4. The molecule has 7 nitrogen and oxygen atoms in total. The van der Waals surface area contributed by atoms with Crippen LogP contribution >= 0.6 is 0 Å². The van der Waals surface area contributed by atoms with E-state index in [0.717, 1.165) is 16.8 Å². The fourth-order valence-corrected chi connectivity index (χ4v) is 3.31. The number of nitrogens with zero attached hydrogens (tertiary/aromatic N) is 3. The highest BCUT2D eigenvalue weighted by Crippen LogP contribution is 2.37. The highest BCUT2D eigenvalue weighted by molar-refractivity contribution is 6.01. The molecule has 138 valence electrons. The predicted octanol–water partition coefficient (Wildman–Crippen LogP) is 3.15. The number of anilines is 1. The molecule has 1 aliphatic heterocycles. The molecule has 0 aliphatic carbocycles. The Hall–Kier alpha value is -3.35. The van der Waals surface area contributed by atoms with Gasteiger partial charge in [0.15, 0.2) is 11.5 Å². The SMILES string of the molecule is COc1cccc(-c2noc(CN3C(=O)Cc4cc(C)ccc43)n2)c1OC. The monoisotopic (exact) mass is 365 g/mol. The molecule has 3 aromatic rings. The molecule has 7 heteroatoms. The number of aromatic nitrogens is 2. The number of methoxy groups -OCH3 is 2. The van der Waals surface area contributed by atoms with E-state index in [4.69, 9.17) is 14.0 Å². The first-order chi connectivity index (χ1) is 13.1. The molecule has 0 N–H and O–H groups in total. The van der Waals surface area contributed by atoms with Crippen molar-refractivity contribution in [1.29, 1.82) is 0 Å². The predicted molar refractivity (Wildman–Crippen MR) is 98.9 cm³/mol. The number of hydrogen-bond acceptors (Lipinski definition) is 6. The van der Waals surface area contributed by atoms with E-state index in [-0.39, 0.29) is 12.5 Å². The number of carbonyl (C=O) groups is 1. The van der Waals surface area contributed by atoms with Gasteiger partial charge >= 0.3 is 0 Å². The van der Waals surface area contributed by atoms with Crippen LogP contribution in [0, 0.1) is 6.92 Å². The first-order valence-corrected chi connectivity index (χ1v) is 8.54. The molecule has 0 bridgehead atoms. The minimum atomic E-state index is 0.0225. The molecule has 27 heavy (non-hydrogen) atoms. The van der Waals surface area contributed by atoms with Crippen LogP contribution in [0.2, 0.25) is 0 Å². The van der Waals surface area contributed by atoms with Gasteiger partial charge in [-0.25, -0.2) is 0 Å². The van der Waals surface area contributed by atoms with E-state index in [2.05, 4.69) is 10.1 Å².